The molecular weight excluding hydrogens is 432 g/mol. The maximum atomic E-state index is 13.5. The highest BCUT2D eigenvalue weighted by Crippen LogP contribution is 2.44. The van der Waals surface area contributed by atoms with Gasteiger partial charge in [-0.1, -0.05) is 30.3 Å². The first-order valence-corrected chi connectivity index (χ1v) is 11.3. The summed E-state index contributed by atoms with van der Waals surface area (Å²) in [6, 6.07) is 13.3. The number of hydrogen-bond acceptors (Lipinski definition) is 6. The minimum Gasteiger partial charge on any atom is -0.392 e. The van der Waals surface area contributed by atoms with Crippen LogP contribution in [0.25, 0.3) is 5.57 Å². The van der Waals surface area contributed by atoms with Crippen LogP contribution in [0.2, 0.25) is 0 Å². The SMILES string of the molecule is CC(=O)Nc1ccc(S(=O)(=O)N2C=C(c3ccccc3)C3C(=O)C(=O)C=C(CO)C32)cc1. The Morgan fingerprint density at radius 3 is 2.31 bits per heavy atom. The summed E-state index contributed by atoms with van der Waals surface area (Å²) in [7, 11) is -4.15. The molecule has 32 heavy (non-hydrogen) atoms. The van der Waals surface area contributed by atoms with Crippen LogP contribution in [0, 0.1) is 5.92 Å². The van der Waals surface area contributed by atoms with Gasteiger partial charge in [0.25, 0.3) is 10.0 Å². The topological polar surface area (TPSA) is 121 Å². The first kappa shape index (κ1) is 21.7. The Balaban J connectivity index is 1.83. The molecule has 8 nitrogen and oxygen atoms in total. The smallest absolute Gasteiger partial charge is 0.264 e. The van der Waals surface area contributed by atoms with E-state index in [2.05, 4.69) is 5.32 Å². The average Bonchev–Trinajstić information content (AvgIpc) is 3.19. The first-order valence-electron chi connectivity index (χ1n) is 9.82. The Hall–Kier alpha value is -3.56. The van der Waals surface area contributed by atoms with Crippen LogP contribution in [0.5, 0.6) is 0 Å². The van der Waals surface area contributed by atoms with Crippen molar-refractivity contribution < 1.29 is 27.9 Å². The summed E-state index contributed by atoms with van der Waals surface area (Å²) in [4.78, 5) is 36.3. The number of hydrogen-bond donors (Lipinski definition) is 2. The minimum absolute atomic E-state index is 0.0578. The highest BCUT2D eigenvalue weighted by molar-refractivity contribution is 7.89. The van der Waals surface area contributed by atoms with Crippen molar-refractivity contribution in [1.29, 1.82) is 0 Å². The number of aliphatic hydroxyl groups is 1. The molecule has 0 fully saturated rings. The fourth-order valence-electron chi connectivity index (χ4n) is 4.03. The fourth-order valence-corrected chi connectivity index (χ4v) is 5.56. The molecule has 0 saturated carbocycles. The largest absolute Gasteiger partial charge is 0.392 e. The standard InChI is InChI=1S/C23H20N2O6S/c1-14(27)24-17-7-9-18(10-8-17)32(30,31)25-12-19(15-5-3-2-4-6-15)21-22(25)16(13-26)11-20(28)23(21)29/h2-12,21-22,26H,13H2,1H3,(H,24,27). The van der Waals surface area contributed by atoms with Crippen LogP contribution in [-0.4, -0.2) is 48.0 Å². The minimum atomic E-state index is -4.15. The van der Waals surface area contributed by atoms with Crippen molar-refractivity contribution in [3.8, 4) is 0 Å². The van der Waals surface area contributed by atoms with E-state index in [4.69, 9.17) is 0 Å². The number of Topliss-reactive ketones (excluding diaryl/α,β-unsaturated/α-hetero) is 1. The molecule has 2 aromatic rings. The van der Waals surface area contributed by atoms with Gasteiger partial charge in [-0.3, -0.25) is 18.7 Å². The molecule has 2 unspecified atom stereocenters. The van der Waals surface area contributed by atoms with Gasteiger partial charge in [0.15, 0.2) is 0 Å². The summed E-state index contributed by atoms with van der Waals surface area (Å²) in [5.41, 5.74) is 1.60. The van der Waals surface area contributed by atoms with Crippen LogP contribution in [0.1, 0.15) is 12.5 Å². The normalized spacial score (nSPS) is 20.5. The van der Waals surface area contributed by atoms with Gasteiger partial charge < -0.3 is 10.4 Å². The second kappa shape index (κ2) is 8.18. The third kappa shape index (κ3) is 3.65. The molecule has 2 N–H and O–H groups in total. The van der Waals surface area contributed by atoms with Gasteiger partial charge in [0.1, 0.15) is 0 Å². The lowest BCUT2D eigenvalue weighted by Gasteiger charge is -2.32. The van der Waals surface area contributed by atoms with Crippen LogP contribution >= 0.6 is 0 Å². The summed E-state index contributed by atoms with van der Waals surface area (Å²) in [5, 5.41) is 12.4. The maximum absolute atomic E-state index is 13.5. The fraction of sp³-hybridized carbons (Fsp3) is 0.174. The molecule has 0 saturated heterocycles. The van der Waals surface area contributed by atoms with Crippen LogP contribution < -0.4 is 5.32 Å². The number of carbonyl (C=O) groups excluding carboxylic acids is 3. The van der Waals surface area contributed by atoms with Crippen molar-refractivity contribution in [3.63, 3.8) is 0 Å². The molecule has 0 spiro atoms. The van der Waals surface area contributed by atoms with Crippen molar-refractivity contribution in [2.24, 2.45) is 5.92 Å². The number of sulfonamides is 1. The summed E-state index contributed by atoms with van der Waals surface area (Å²) in [6.45, 7) is 0.776. The summed E-state index contributed by atoms with van der Waals surface area (Å²) < 4.78 is 28.1. The predicted molar refractivity (Wildman–Crippen MR) is 117 cm³/mol. The number of ketones is 2. The number of rotatable bonds is 5. The van der Waals surface area contributed by atoms with Crippen molar-refractivity contribution in [3.05, 3.63) is 78.0 Å². The Labute approximate surface area is 184 Å². The van der Waals surface area contributed by atoms with E-state index in [-0.39, 0.29) is 16.4 Å². The van der Waals surface area contributed by atoms with Crippen molar-refractivity contribution >= 4 is 38.8 Å². The Bertz CT molecular complexity index is 1260. The van der Waals surface area contributed by atoms with Crippen molar-refractivity contribution in [2.45, 2.75) is 17.9 Å². The molecule has 0 bridgehead atoms. The zero-order valence-electron chi connectivity index (χ0n) is 17.1. The van der Waals surface area contributed by atoms with Crippen LogP contribution in [-0.2, 0) is 24.4 Å². The van der Waals surface area contributed by atoms with Gasteiger partial charge in [-0.15, -0.1) is 0 Å². The highest BCUT2D eigenvalue weighted by atomic mass is 32.2. The molecule has 2 aliphatic rings. The van der Waals surface area contributed by atoms with E-state index in [0.29, 0.717) is 16.8 Å². The van der Waals surface area contributed by atoms with Gasteiger partial charge in [0.2, 0.25) is 17.5 Å². The van der Waals surface area contributed by atoms with Crippen molar-refractivity contribution in [1.82, 2.24) is 4.31 Å². The Kier molecular flexibility index (Phi) is 5.53. The Morgan fingerprint density at radius 2 is 1.72 bits per heavy atom. The number of anilines is 1. The lowest BCUT2D eigenvalue weighted by Crippen LogP contribution is -2.46. The highest BCUT2D eigenvalue weighted by Gasteiger charge is 2.50. The quantitative estimate of drug-likeness (QED) is 0.667. The second-order valence-electron chi connectivity index (χ2n) is 7.52. The third-order valence-corrected chi connectivity index (χ3v) is 7.21. The number of benzene rings is 2. The van der Waals surface area contributed by atoms with Gasteiger partial charge in [-0.2, -0.15) is 0 Å². The molecule has 9 heteroatoms. The third-order valence-electron chi connectivity index (χ3n) is 5.45. The maximum Gasteiger partial charge on any atom is 0.264 e. The molecular formula is C23H20N2O6S. The number of allylic oxidation sites excluding steroid dienone is 1. The summed E-state index contributed by atoms with van der Waals surface area (Å²) >= 11 is 0. The zero-order chi connectivity index (χ0) is 23.0. The molecule has 2 aromatic carbocycles. The molecule has 4 rings (SSSR count). The van der Waals surface area contributed by atoms with E-state index in [1.807, 2.05) is 0 Å². The lowest BCUT2D eigenvalue weighted by molar-refractivity contribution is -0.136. The number of amides is 1. The first-order chi connectivity index (χ1) is 15.2. The van der Waals surface area contributed by atoms with Gasteiger partial charge in [-0.25, -0.2) is 8.42 Å². The van der Waals surface area contributed by atoms with E-state index < -0.39 is 40.2 Å². The van der Waals surface area contributed by atoms with E-state index in [0.717, 1.165) is 10.4 Å². The monoisotopic (exact) mass is 452 g/mol. The molecule has 1 amide bonds. The van der Waals surface area contributed by atoms with E-state index in [1.165, 1.54) is 37.4 Å². The molecule has 2 atom stereocenters. The summed E-state index contributed by atoms with van der Waals surface area (Å²) in [5.74, 6) is -2.83. The number of nitrogens with one attached hydrogen (secondary N) is 1. The van der Waals surface area contributed by atoms with Gasteiger partial charge >= 0.3 is 0 Å². The van der Waals surface area contributed by atoms with Gasteiger partial charge in [-0.05, 0) is 47.1 Å². The Morgan fingerprint density at radius 1 is 1.06 bits per heavy atom. The zero-order valence-corrected chi connectivity index (χ0v) is 17.9. The number of aliphatic hydroxyl groups excluding tert-OH is 1. The lowest BCUT2D eigenvalue weighted by atomic mass is 9.78. The van der Waals surface area contributed by atoms with Gasteiger partial charge in [0.05, 0.1) is 23.5 Å². The molecule has 0 radical (unpaired) electrons. The predicted octanol–water partition coefficient (Wildman–Crippen LogP) is 1.75. The second-order valence-corrected chi connectivity index (χ2v) is 9.36. The van der Waals surface area contributed by atoms with Crippen molar-refractivity contribution in [2.75, 3.05) is 11.9 Å². The van der Waals surface area contributed by atoms with Crippen LogP contribution in [0.4, 0.5) is 5.69 Å². The van der Waals surface area contributed by atoms with Gasteiger partial charge in [0, 0.05) is 18.8 Å². The number of nitrogens with zero attached hydrogens (tertiary/aromatic N) is 1. The van der Waals surface area contributed by atoms with E-state index in [9.17, 15) is 27.9 Å². The van der Waals surface area contributed by atoms with E-state index in [1.54, 1.807) is 30.3 Å². The summed E-state index contributed by atoms with van der Waals surface area (Å²) in [6.07, 6.45) is 2.38. The van der Waals surface area contributed by atoms with E-state index >= 15 is 0 Å². The van der Waals surface area contributed by atoms with Crippen LogP contribution in [0.3, 0.4) is 0 Å². The number of carbonyl (C=O) groups is 3. The average molecular weight is 452 g/mol. The molecule has 0 aromatic heterocycles. The molecule has 1 heterocycles. The molecule has 1 aliphatic carbocycles. The number of fused-ring (bicyclic) bond motifs is 1. The molecule has 1 aliphatic heterocycles. The molecule has 164 valence electrons. The van der Waals surface area contributed by atoms with Crippen LogP contribution in [0.15, 0.2) is 77.3 Å².